The Bertz CT molecular complexity index is 994. The SMILES string of the molecule is C/C(=N\Nc1cc(-n2nc(C)cc2C)ncn1)c1cccc([N+](=O)[O-])c1. The molecule has 9 heteroatoms. The normalized spacial score (nSPS) is 11.4. The van der Waals surface area contributed by atoms with Crippen molar-refractivity contribution < 1.29 is 4.92 Å². The number of nitro benzene ring substituents is 1. The number of non-ortho nitro benzene ring substituents is 1. The molecule has 0 aliphatic heterocycles. The Kier molecular flexibility index (Phi) is 4.70. The lowest BCUT2D eigenvalue weighted by atomic mass is 10.1. The fourth-order valence-electron chi connectivity index (χ4n) is 2.44. The van der Waals surface area contributed by atoms with Crippen molar-refractivity contribution in [3.05, 3.63) is 69.8 Å². The predicted molar refractivity (Wildman–Crippen MR) is 97.6 cm³/mol. The molecule has 26 heavy (non-hydrogen) atoms. The highest BCUT2D eigenvalue weighted by Crippen LogP contribution is 2.15. The van der Waals surface area contributed by atoms with Gasteiger partial charge in [-0.1, -0.05) is 12.1 Å². The second-order valence-electron chi connectivity index (χ2n) is 5.72. The van der Waals surface area contributed by atoms with Gasteiger partial charge in [0, 0.05) is 29.5 Å². The van der Waals surface area contributed by atoms with Gasteiger partial charge in [-0.05, 0) is 26.8 Å². The van der Waals surface area contributed by atoms with Crippen molar-refractivity contribution in [2.75, 3.05) is 5.43 Å². The Labute approximate surface area is 149 Å². The summed E-state index contributed by atoms with van der Waals surface area (Å²) in [5.41, 5.74) is 5.98. The summed E-state index contributed by atoms with van der Waals surface area (Å²) in [5.74, 6) is 1.11. The molecule has 0 bridgehead atoms. The summed E-state index contributed by atoms with van der Waals surface area (Å²) in [6, 6.07) is 9.98. The molecule has 3 rings (SSSR count). The molecule has 132 valence electrons. The molecule has 0 saturated carbocycles. The molecule has 3 aromatic rings. The van der Waals surface area contributed by atoms with Crippen LogP contribution in [-0.2, 0) is 0 Å². The molecule has 9 nitrogen and oxygen atoms in total. The Hall–Kier alpha value is -3.62. The number of aryl methyl sites for hydroxylation is 2. The van der Waals surface area contributed by atoms with Crippen LogP contribution in [0.3, 0.4) is 0 Å². The second-order valence-corrected chi connectivity index (χ2v) is 5.72. The van der Waals surface area contributed by atoms with E-state index >= 15 is 0 Å². The molecule has 0 amide bonds. The maximum atomic E-state index is 10.9. The third-order valence-corrected chi connectivity index (χ3v) is 3.69. The number of hydrogen-bond acceptors (Lipinski definition) is 7. The van der Waals surface area contributed by atoms with Gasteiger partial charge in [-0.3, -0.25) is 15.5 Å². The van der Waals surface area contributed by atoms with E-state index in [1.807, 2.05) is 19.9 Å². The molecule has 0 fully saturated rings. The number of rotatable bonds is 5. The molecule has 0 atom stereocenters. The van der Waals surface area contributed by atoms with Gasteiger partial charge in [-0.15, -0.1) is 0 Å². The maximum absolute atomic E-state index is 10.9. The Balaban J connectivity index is 1.82. The predicted octanol–water partition coefficient (Wildman–Crippen LogP) is 3.02. The fraction of sp³-hybridized carbons (Fsp3) is 0.176. The number of anilines is 1. The summed E-state index contributed by atoms with van der Waals surface area (Å²) in [6.45, 7) is 5.62. The zero-order chi connectivity index (χ0) is 18.7. The van der Waals surface area contributed by atoms with E-state index in [2.05, 4.69) is 25.6 Å². The average molecular weight is 351 g/mol. The van der Waals surface area contributed by atoms with Gasteiger partial charge in [0.2, 0.25) is 0 Å². The lowest BCUT2D eigenvalue weighted by Crippen LogP contribution is -2.05. The summed E-state index contributed by atoms with van der Waals surface area (Å²) in [4.78, 5) is 18.8. The average Bonchev–Trinajstić information content (AvgIpc) is 2.98. The highest BCUT2D eigenvalue weighted by Gasteiger charge is 2.08. The van der Waals surface area contributed by atoms with Crippen LogP contribution in [0.15, 0.2) is 47.8 Å². The highest BCUT2D eigenvalue weighted by molar-refractivity contribution is 5.99. The third-order valence-electron chi connectivity index (χ3n) is 3.69. The Morgan fingerprint density at radius 1 is 1.23 bits per heavy atom. The van der Waals surface area contributed by atoms with Crippen LogP contribution in [0, 0.1) is 24.0 Å². The lowest BCUT2D eigenvalue weighted by molar-refractivity contribution is -0.384. The van der Waals surface area contributed by atoms with Crippen LogP contribution in [0.2, 0.25) is 0 Å². The highest BCUT2D eigenvalue weighted by atomic mass is 16.6. The first-order valence-electron chi connectivity index (χ1n) is 7.85. The summed E-state index contributed by atoms with van der Waals surface area (Å²) in [5, 5.41) is 19.5. The van der Waals surface area contributed by atoms with Crippen molar-refractivity contribution in [3.63, 3.8) is 0 Å². The number of hydrogen-bond donors (Lipinski definition) is 1. The van der Waals surface area contributed by atoms with Crippen molar-refractivity contribution in [2.45, 2.75) is 20.8 Å². The van der Waals surface area contributed by atoms with Gasteiger partial charge < -0.3 is 0 Å². The molecule has 0 aliphatic rings. The smallest absolute Gasteiger partial charge is 0.261 e. The van der Waals surface area contributed by atoms with Crippen molar-refractivity contribution in [1.82, 2.24) is 19.7 Å². The minimum absolute atomic E-state index is 0.0194. The number of nitrogens with zero attached hydrogens (tertiary/aromatic N) is 6. The van der Waals surface area contributed by atoms with Crippen LogP contribution in [0.5, 0.6) is 0 Å². The summed E-state index contributed by atoms with van der Waals surface area (Å²) in [7, 11) is 0. The van der Waals surface area contributed by atoms with Crippen molar-refractivity contribution in [2.24, 2.45) is 5.10 Å². The summed E-state index contributed by atoms with van der Waals surface area (Å²) < 4.78 is 1.72. The molecule has 0 radical (unpaired) electrons. The third kappa shape index (κ3) is 3.72. The number of benzene rings is 1. The van der Waals surface area contributed by atoms with Gasteiger partial charge in [0.15, 0.2) is 11.6 Å². The summed E-state index contributed by atoms with van der Waals surface area (Å²) in [6.07, 6.45) is 1.42. The largest absolute Gasteiger partial charge is 0.270 e. The number of nitrogens with one attached hydrogen (secondary N) is 1. The Morgan fingerprint density at radius 2 is 2.04 bits per heavy atom. The number of hydrazone groups is 1. The molecular weight excluding hydrogens is 334 g/mol. The lowest BCUT2D eigenvalue weighted by Gasteiger charge is -2.06. The van der Waals surface area contributed by atoms with Crippen LogP contribution in [0.1, 0.15) is 23.9 Å². The van der Waals surface area contributed by atoms with E-state index in [0.717, 1.165) is 11.4 Å². The van der Waals surface area contributed by atoms with Crippen LogP contribution in [-0.4, -0.2) is 30.4 Å². The molecule has 2 heterocycles. The van der Waals surface area contributed by atoms with Crippen molar-refractivity contribution >= 4 is 17.2 Å². The van der Waals surface area contributed by atoms with E-state index in [-0.39, 0.29) is 5.69 Å². The molecule has 0 unspecified atom stereocenters. The minimum Gasteiger partial charge on any atom is -0.261 e. The van der Waals surface area contributed by atoms with E-state index in [4.69, 9.17) is 0 Å². The maximum Gasteiger partial charge on any atom is 0.270 e. The Morgan fingerprint density at radius 3 is 2.73 bits per heavy atom. The molecule has 0 spiro atoms. The van der Waals surface area contributed by atoms with Crippen LogP contribution >= 0.6 is 0 Å². The van der Waals surface area contributed by atoms with Gasteiger partial charge in [0.25, 0.3) is 5.69 Å². The second kappa shape index (κ2) is 7.09. The zero-order valence-electron chi connectivity index (χ0n) is 14.5. The topological polar surface area (TPSA) is 111 Å². The van der Waals surface area contributed by atoms with Crippen molar-refractivity contribution in [3.8, 4) is 5.82 Å². The van der Waals surface area contributed by atoms with Crippen molar-refractivity contribution in [1.29, 1.82) is 0 Å². The quantitative estimate of drug-likeness (QED) is 0.430. The van der Waals surface area contributed by atoms with E-state index in [9.17, 15) is 10.1 Å². The first-order chi connectivity index (χ1) is 12.4. The molecule has 0 aliphatic carbocycles. The van der Waals surface area contributed by atoms with Gasteiger partial charge in [0.05, 0.1) is 16.3 Å². The van der Waals surface area contributed by atoms with Gasteiger partial charge in [-0.25, -0.2) is 14.6 Å². The van der Waals surface area contributed by atoms with E-state index < -0.39 is 4.92 Å². The molecular formula is C17H17N7O2. The zero-order valence-corrected chi connectivity index (χ0v) is 14.5. The molecule has 1 aromatic carbocycles. The van der Waals surface area contributed by atoms with Gasteiger partial charge in [0.1, 0.15) is 6.33 Å². The van der Waals surface area contributed by atoms with Gasteiger partial charge in [-0.2, -0.15) is 10.2 Å². The number of nitro groups is 1. The summed E-state index contributed by atoms with van der Waals surface area (Å²) >= 11 is 0. The molecule has 2 aromatic heterocycles. The van der Waals surface area contributed by atoms with Crippen LogP contribution < -0.4 is 5.43 Å². The molecule has 1 N–H and O–H groups in total. The standard InChI is InChI=1S/C17H17N7O2/c1-11-7-12(2)23(22-11)17-9-16(18-10-19-17)21-20-13(3)14-5-4-6-15(8-14)24(25)26/h4-10H,1-3H3,(H,18,19,21)/b20-13+. The van der Waals surface area contributed by atoms with Crippen LogP contribution in [0.25, 0.3) is 5.82 Å². The van der Waals surface area contributed by atoms with E-state index in [0.29, 0.717) is 22.9 Å². The first kappa shape index (κ1) is 17.2. The number of aromatic nitrogens is 4. The van der Waals surface area contributed by atoms with E-state index in [1.54, 1.807) is 29.8 Å². The van der Waals surface area contributed by atoms with Gasteiger partial charge >= 0.3 is 0 Å². The van der Waals surface area contributed by atoms with E-state index in [1.165, 1.54) is 18.5 Å². The fourth-order valence-corrected chi connectivity index (χ4v) is 2.44. The first-order valence-corrected chi connectivity index (χ1v) is 7.85. The van der Waals surface area contributed by atoms with Crippen LogP contribution in [0.4, 0.5) is 11.5 Å². The monoisotopic (exact) mass is 351 g/mol. The minimum atomic E-state index is -0.435. The molecule has 0 saturated heterocycles.